The average molecular weight is 313 g/mol. The molecule has 1 aliphatic carbocycles. The zero-order valence-corrected chi connectivity index (χ0v) is 13.6. The van der Waals surface area contributed by atoms with Crippen LogP contribution in [0.15, 0.2) is 42.5 Å². The van der Waals surface area contributed by atoms with Crippen LogP contribution in [0, 0.1) is 0 Å². The second-order valence-electron chi connectivity index (χ2n) is 5.86. The smallest absolute Gasteiger partial charge is 0.122 e. The SMILES string of the molecule is COc1cc(OC)cc([C@H](O)CN[C@@H]2CCc3ccccc32)c1. The van der Waals surface area contributed by atoms with Crippen molar-refractivity contribution in [1.82, 2.24) is 5.32 Å². The first-order valence-electron chi connectivity index (χ1n) is 7.93. The van der Waals surface area contributed by atoms with E-state index in [9.17, 15) is 5.11 Å². The van der Waals surface area contributed by atoms with Gasteiger partial charge in [0.25, 0.3) is 0 Å². The Kier molecular flexibility index (Phi) is 4.84. The summed E-state index contributed by atoms with van der Waals surface area (Å²) in [5, 5.41) is 14.0. The molecule has 2 aromatic carbocycles. The van der Waals surface area contributed by atoms with Gasteiger partial charge >= 0.3 is 0 Å². The molecular formula is C19H23NO3. The highest BCUT2D eigenvalue weighted by Crippen LogP contribution is 2.31. The summed E-state index contributed by atoms with van der Waals surface area (Å²) >= 11 is 0. The van der Waals surface area contributed by atoms with E-state index in [-0.39, 0.29) is 0 Å². The van der Waals surface area contributed by atoms with Crippen molar-refractivity contribution in [2.24, 2.45) is 0 Å². The van der Waals surface area contributed by atoms with Gasteiger partial charge in [0.2, 0.25) is 0 Å². The van der Waals surface area contributed by atoms with Crippen LogP contribution in [0.4, 0.5) is 0 Å². The minimum atomic E-state index is -0.605. The van der Waals surface area contributed by atoms with Gasteiger partial charge in [0, 0.05) is 18.7 Å². The van der Waals surface area contributed by atoms with Gasteiger partial charge < -0.3 is 19.9 Å². The van der Waals surface area contributed by atoms with Gasteiger partial charge in [-0.15, -0.1) is 0 Å². The van der Waals surface area contributed by atoms with E-state index < -0.39 is 6.10 Å². The number of nitrogens with one attached hydrogen (secondary N) is 1. The van der Waals surface area contributed by atoms with Crippen LogP contribution < -0.4 is 14.8 Å². The third-order valence-corrected chi connectivity index (χ3v) is 4.45. The lowest BCUT2D eigenvalue weighted by molar-refractivity contribution is 0.169. The van der Waals surface area contributed by atoms with E-state index in [1.807, 2.05) is 12.1 Å². The summed E-state index contributed by atoms with van der Waals surface area (Å²) in [6.07, 6.45) is 1.57. The summed E-state index contributed by atoms with van der Waals surface area (Å²) in [5.41, 5.74) is 3.55. The minimum Gasteiger partial charge on any atom is -0.497 e. The van der Waals surface area contributed by atoms with Crippen molar-refractivity contribution >= 4 is 0 Å². The van der Waals surface area contributed by atoms with Gasteiger partial charge in [-0.1, -0.05) is 24.3 Å². The monoisotopic (exact) mass is 313 g/mol. The van der Waals surface area contributed by atoms with Crippen molar-refractivity contribution in [2.75, 3.05) is 20.8 Å². The fourth-order valence-corrected chi connectivity index (χ4v) is 3.16. The predicted octanol–water partition coefficient (Wildman–Crippen LogP) is 3.01. The highest BCUT2D eigenvalue weighted by molar-refractivity contribution is 5.39. The van der Waals surface area contributed by atoms with Crippen LogP contribution in [-0.4, -0.2) is 25.9 Å². The van der Waals surface area contributed by atoms with Crippen LogP contribution in [0.2, 0.25) is 0 Å². The highest BCUT2D eigenvalue weighted by atomic mass is 16.5. The molecule has 0 fully saturated rings. The second kappa shape index (κ2) is 7.02. The Morgan fingerprint density at radius 1 is 1.13 bits per heavy atom. The third kappa shape index (κ3) is 3.49. The number of hydrogen-bond donors (Lipinski definition) is 2. The summed E-state index contributed by atoms with van der Waals surface area (Å²) in [7, 11) is 3.22. The lowest BCUT2D eigenvalue weighted by atomic mass is 10.1. The third-order valence-electron chi connectivity index (χ3n) is 4.45. The van der Waals surface area contributed by atoms with Gasteiger partial charge in [0.15, 0.2) is 0 Å². The first kappa shape index (κ1) is 15.8. The molecule has 4 nitrogen and oxygen atoms in total. The first-order valence-corrected chi connectivity index (χ1v) is 7.93. The molecule has 3 rings (SSSR count). The van der Waals surface area contributed by atoms with Crippen LogP contribution in [0.25, 0.3) is 0 Å². The largest absolute Gasteiger partial charge is 0.497 e. The van der Waals surface area contributed by atoms with Crippen LogP contribution in [-0.2, 0) is 6.42 Å². The van der Waals surface area contributed by atoms with E-state index in [0.717, 1.165) is 18.4 Å². The number of benzene rings is 2. The number of methoxy groups -OCH3 is 2. The number of rotatable bonds is 6. The number of aliphatic hydroxyl groups is 1. The van der Waals surface area contributed by atoms with Gasteiger partial charge in [-0.05, 0) is 41.7 Å². The number of ether oxygens (including phenoxy) is 2. The van der Waals surface area contributed by atoms with Crippen LogP contribution >= 0.6 is 0 Å². The lowest BCUT2D eigenvalue weighted by Crippen LogP contribution is -2.25. The topological polar surface area (TPSA) is 50.7 Å². The van der Waals surface area contributed by atoms with E-state index in [4.69, 9.17) is 9.47 Å². The average Bonchev–Trinajstić information content (AvgIpc) is 3.02. The number of aliphatic hydroxyl groups excluding tert-OH is 1. The second-order valence-corrected chi connectivity index (χ2v) is 5.86. The number of aryl methyl sites for hydroxylation is 1. The summed E-state index contributed by atoms with van der Waals surface area (Å²) in [6.45, 7) is 0.495. The molecule has 0 saturated heterocycles. The Morgan fingerprint density at radius 2 is 1.83 bits per heavy atom. The van der Waals surface area contributed by atoms with Crippen LogP contribution in [0.5, 0.6) is 11.5 Å². The Labute approximate surface area is 137 Å². The van der Waals surface area contributed by atoms with E-state index in [1.165, 1.54) is 11.1 Å². The van der Waals surface area contributed by atoms with Gasteiger partial charge in [0.05, 0.1) is 20.3 Å². The summed E-state index contributed by atoms with van der Waals surface area (Å²) in [4.78, 5) is 0. The molecule has 0 bridgehead atoms. The Balaban J connectivity index is 1.67. The molecule has 0 spiro atoms. The van der Waals surface area contributed by atoms with E-state index in [1.54, 1.807) is 20.3 Å². The molecule has 0 unspecified atom stereocenters. The minimum absolute atomic E-state index is 0.313. The molecule has 23 heavy (non-hydrogen) atoms. The fourth-order valence-electron chi connectivity index (χ4n) is 3.16. The molecule has 0 saturated carbocycles. The van der Waals surface area contributed by atoms with Crippen molar-refractivity contribution in [2.45, 2.75) is 25.0 Å². The molecule has 1 aliphatic rings. The Bertz CT molecular complexity index is 649. The maximum absolute atomic E-state index is 10.5. The standard InChI is InChI=1S/C19H23NO3/c1-22-15-9-14(10-16(11-15)23-2)19(21)12-20-18-8-7-13-5-3-4-6-17(13)18/h3-6,9-11,18-21H,7-8,12H2,1-2H3/t18-,19-/m1/s1. The molecule has 122 valence electrons. The molecular weight excluding hydrogens is 290 g/mol. The maximum atomic E-state index is 10.5. The van der Waals surface area contributed by atoms with Crippen molar-refractivity contribution in [3.8, 4) is 11.5 Å². The van der Waals surface area contributed by atoms with Gasteiger partial charge in [-0.2, -0.15) is 0 Å². The quantitative estimate of drug-likeness (QED) is 0.861. The lowest BCUT2D eigenvalue weighted by Gasteiger charge is -2.18. The predicted molar refractivity (Wildman–Crippen MR) is 90.0 cm³/mol. The Hall–Kier alpha value is -2.04. The number of hydrogen-bond acceptors (Lipinski definition) is 4. The molecule has 0 amide bonds. The van der Waals surface area contributed by atoms with Crippen molar-refractivity contribution in [3.05, 3.63) is 59.2 Å². The molecule has 2 aromatic rings. The Morgan fingerprint density at radius 3 is 2.52 bits per heavy atom. The number of fused-ring (bicyclic) bond motifs is 1. The fraction of sp³-hybridized carbons (Fsp3) is 0.368. The van der Waals surface area contributed by atoms with E-state index in [2.05, 4.69) is 29.6 Å². The van der Waals surface area contributed by atoms with Crippen LogP contribution in [0.3, 0.4) is 0 Å². The molecule has 0 aliphatic heterocycles. The zero-order valence-electron chi connectivity index (χ0n) is 13.6. The van der Waals surface area contributed by atoms with Crippen molar-refractivity contribution in [1.29, 1.82) is 0 Å². The van der Waals surface area contributed by atoms with Crippen molar-refractivity contribution < 1.29 is 14.6 Å². The summed E-state index contributed by atoms with van der Waals surface area (Å²) in [6, 6.07) is 14.3. The van der Waals surface area contributed by atoms with Gasteiger partial charge in [-0.3, -0.25) is 0 Å². The maximum Gasteiger partial charge on any atom is 0.122 e. The van der Waals surface area contributed by atoms with Crippen molar-refractivity contribution in [3.63, 3.8) is 0 Å². The van der Waals surface area contributed by atoms with Crippen LogP contribution in [0.1, 0.15) is 35.3 Å². The first-order chi connectivity index (χ1) is 11.2. The van der Waals surface area contributed by atoms with E-state index >= 15 is 0 Å². The molecule has 0 aromatic heterocycles. The summed E-state index contributed by atoms with van der Waals surface area (Å²) < 4.78 is 10.5. The molecule has 2 atom stereocenters. The van der Waals surface area contributed by atoms with Gasteiger partial charge in [0.1, 0.15) is 11.5 Å². The zero-order chi connectivity index (χ0) is 16.2. The molecule has 2 N–H and O–H groups in total. The normalized spacial score (nSPS) is 17.6. The summed E-state index contributed by atoms with van der Waals surface area (Å²) in [5.74, 6) is 1.37. The van der Waals surface area contributed by atoms with Gasteiger partial charge in [-0.25, -0.2) is 0 Å². The highest BCUT2D eigenvalue weighted by Gasteiger charge is 2.22. The molecule has 0 radical (unpaired) electrons. The molecule has 0 heterocycles. The molecule has 4 heteroatoms. The van der Waals surface area contributed by atoms with E-state index in [0.29, 0.717) is 24.1 Å².